The van der Waals surface area contributed by atoms with Crippen LogP contribution in [0.3, 0.4) is 0 Å². The molecule has 0 fully saturated rings. The number of phenols is 1. The second-order valence-corrected chi connectivity index (χ2v) is 5.49. The highest BCUT2D eigenvalue weighted by atomic mass is 32.1. The Bertz CT molecular complexity index is 552. The first-order chi connectivity index (χ1) is 8.49. The number of rotatable bonds is 2. The lowest BCUT2D eigenvalue weighted by atomic mass is 10.2. The number of carbonyl (C=O) groups excluding carboxylic acids is 1. The summed E-state index contributed by atoms with van der Waals surface area (Å²) in [4.78, 5) is 15.8. The number of aryl methyl sites for hydroxylation is 2. The standard InChI is InChI=1S/C14H15NO2S/c1-9-8-13(18-10(9)2)14(17)15(3)11-4-6-12(16)7-5-11/h4-8,16H,1-3H3. The molecule has 3 nitrogen and oxygen atoms in total. The zero-order valence-corrected chi connectivity index (χ0v) is 11.4. The molecular formula is C14H15NO2S. The van der Waals surface area contributed by atoms with E-state index in [1.54, 1.807) is 36.2 Å². The SMILES string of the molecule is Cc1cc(C(=O)N(C)c2ccc(O)cc2)sc1C. The van der Waals surface area contributed by atoms with E-state index in [1.807, 2.05) is 19.9 Å². The molecule has 1 aromatic heterocycles. The number of thiophene rings is 1. The molecule has 1 aromatic carbocycles. The second-order valence-electron chi connectivity index (χ2n) is 4.23. The Morgan fingerprint density at radius 3 is 2.33 bits per heavy atom. The van der Waals surface area contributed by atoms with Gasteiger partial charge in [0.15, 0.2) is 0 Å². The molecule has 0 saturated carbocycles. The average Bonchev–Trinajstić information content (AvgIpc) is 2.69. The van der Waals surface area contributed by atoms with Crippen LogP contribution in [0.4, 0.5) is 5.69 Å². The van der Waals surface area contributed by atoms with Crippen LogP contribution in [-0.2, 0) is 0 Å². The predicted octanol–water partition coefficient (Wildman–Crippen LogP) is 3.35. The van der Waals surface area contributed by atoms with Gasteiger partial charge in [0.2, 0.25) is 0 Å². The van der Waals surface area contributed by atoms with Gasteiger partial charge >= 0.3 is 0 Å². The molecule has 2 rings (SSSR count). The number of anilines is 1. The van der Waals surface area contributed by atoms with E-state index in [1.165, 1.54) is 11.3 Å². The van der Waals surface area contributed by atoms with Crippen molar-refractivity contribution in [1.29, 1.82) is 0 Å². The van der Waals surface area contributed by atoms with Gasteiger partial charge in [-0.3, -0.25) is 4.79 Å². The molecule has 1 amide bonds. The Hall–Kier alpha value is -1.81. The number of hydrogen-bond donors (Lipinski definition) is 1. The maximum Gasteiger partial charge on any atom is 0.268 e. The Kier molecular flexibility index (Phi) is 3.39. The minimum atomic E-state index is -0.0260. The molecule has 0 radical (unpaired) electrons. The van der Waals surface area contributed by atoms with Gasteiger partial charge < -0.3 is 10.0 Å². The molecular weight excluding hydrogens is 246 g/mol. The van der Waals surface area contributed by atoms with E-state index >= 15 is 0 Å². The summed E-state index contributed by atoms with van der Waals surface area (Å²) in [5.41, 5.74) is 1.91. The molecule has 0 bridgehead atoms. The lowest BCUT2D eigenvalue weighted by Crippen LogP contribution is -2.25. The third-order valence-electron chi connectivity index (χ3n) is 2.92. The number of aromatic hydroxyl groups is 1. The quantitative estimate of drug-likeness (QED) is 0.900. The van der Waals surface area contributed by atoms with Crippen molar-refractivity contribution in [2.75, 3.05) is 11.9 Å². The van der Waals surface area contributed by atoms with E-state index in [4.69, 9.17) is 0 Å². The fraction of sp³-hybridized carbons (Fsp3) is 0.214. The molecule has 0 unspecified atom stereocenters. The minimum Gasteiger partial charge on any atom is -0.508 e. The van der Waals surface area contributed by atoms with E-state index < -0.39 is 0 Å². The Labute approximate surface area is 110 Å². The van der Waals surface area contributed by atoms with Gasteiger partial charge in [0.05, 0.1) is 4.88 Å². The summed E-state index contributed by atoms with van der Waals surface area (Å²) in [6, 6.07) is 8.51. The maximum absolute atomic E-state index is 12.3. The first kappa shape index (κ1) is 12.6. The van der Waals surface area contributed by atoms with E-state index in [0.29, 0.717) is 0 Å². The molecule has 18 heavy (non-hydrogen) atoms. The van der Waals surface area contributed by atoms with E-state index in [9.17, 15) is 9.90 Å². The highest BCUT2D eigenvalue weighted by Crippen LogP contribution is 2.24. The van der Waals surface area contributed by atoms with Gasteiger partial charge in [-0.25, -0.2) is 0 Å². The fourth-order valence-electron chi connectivity index (χ4n) is 1.64. The number of benzene rings is 1. The lowest BCUT2D eigenvalue weighted by Gasteiger charge is -2.16. The lowest BCUT2D eigenvalue weighted by molar-refractivity contribution is 0.0997. The number of carbonyl (C=O) groups is 1. The Morgan fingerprint density at radius 2 is 1.83 bits per heavy atom. The van der Waals surface area contributed by atoms with Crippen LogP contribution >= 0.6 is 11.3 Å². The number of phenolic OH excluding ortho intramolecular Hbond substituents is 1. The molecule has 0 saturated heterocycles. The van der Waals surface area contributed by atoms with Crippen molar-refractivity contribution < 1.29 is 9.90 Å². The largest absolute Gasteiger partial charge is 0.508 e. The molecule has 4 heteroatoms. The molecule has 0 aliphatic rings. The summed E-state index contributed by atoms with van der Waals surface area (Å²) >= 11 is 1.51. The highest BCUT2D eigenvalue weighted by Gasteiger charge is 2.16. The molecule has 2 aromatic rings. The first-order valence-corrected chi connectivity index (χ1v) is 6.45. The normalized spacial score (nSPS) is 10.4. The summed E-state index contributed by atoms with van der Waals surface area (Å²) in [6.45, 7) is 4.01. The monoisotopic (exact) mass is 261 g/mol. The Morgan fingerprint density at radius 1 is 1.22 bits per heavy atom. The van der Waals surface area contributed by atoms with Gasteiger partial charge in [-0.2, -0.15) is 0 Å². The maximum atomic E-state index is 12.3. The second kappa shape index (κ2) is 4.82. The summed E-state index contributed by atoms with van der Waals surface area (Å²) in [5.74, 6) is 0.171. The van der Waals surface area contributed by atoms with Crippen LogP contribution in [0.2, 0.25) is 0 Å². The van der Waals surface area contributed by atoms with E-state index in [0.717, 1.165) is 21.0 Å². The van der Waals surface area contributed by atoms with Crippen molar-refractivity contribution in [2.45, 2.75) is 13.8 Å². The van der Waals surface area contributed by atoms with Gasteiger partial charge in [0, 0.05) is 17.6 Å². The molecule has 0 aliphatic heterocycles. The van der Waals surface area contributed by atoms with E-state index in [-0.39, 0.29) is 11.7 Å². The van der Waals surface area contributed by atoms with Crippen LogP contribution in [-0.4, -0.2) is 18.1 Å². The number of hydrogen-bond acceptors (Lipinski definition) is 3. The number of nitrogens with zero attached hydrogens (tertiary/aromatic N) is 1. The molecule has 0 aliphatic carbocycles. The van der Waals surface area contributed by atoms with Crippen LogP contribution in [0.1, 0.15) is 20.1 Å². The van der Waals surface area contributed by atoms with Gasteiger partial charge in [0.1, 0.15) is 5.75 Å². The topological polar surface area (TPSA) is 40.5 Å². The van der Waals surface area contributed by atoms with Gasteiger partial charge in [-0.1, -0.05) is 0 Å². The molecule has 0 spiro atoms. The Balaban J connectivity index is 2.26. The first-order valence-electron chi connectivity index (χ1n) is 5.63. The molecule has 1 heterocycles. The summed E-state index contributed by atoms with van der Waals surface area (Å²) in [6.07, 6.45) is 0. The third-order valence-corrected chi connectivity index (χ3v) is 4.06. The predicted molar refractivity (Wildman–Crippen MR) is 74.6 cm³/mol. The number of amides is 1. The van der Waals surface area contributed by atoms with Crippen molar-refractivity contribution >= 4 is 22.9 Å². The average molecular weight is 261 g/mol. The summed E-state index contributed by atoms with van der Waals surface area (Å²) in [7, 11) is 1.74. The molecule has 0 atom stereocenters. The third kappa shape index (κ3) is 2.38. The smallest absolute Gasteiger partial charge is 0.268 e. The van der Waals surface area contributed by atoms with Crippen LogP contribution < -0.4 is 4.90 Å². The summed E-state index contributed by atoms with van der Waals surface area (Å²) < 4.78 is 0. The van der Waals surface area contributed by atoms with Crippen LogP contribution in [0.25, 0.3) is 0 Å². The molecule has 1 N–H and O–H groups in total. The fourth-order valence-corrected chi connectivity index (χ4v) is 2.65. The minimum absolute atomic E-state index is 0.0260. The van der Waals surface area contributed by atoms with Crippen LogP contribution in [0.15, 0.2) is 30.3 Å². The van der Waals surface area contributed by atoms with E-state index in [2.05, 4.69) is 0 Å². The van der Waals surface area contributed by atoms with Gasteiger partial charge in [0.25, 0.3) is 5.91 Å². The zero-order valence-electron chi connectivity index (χ0n) is 10.6. The van der Waals surface area contributed by atoms with Crippen molar-refractivity contribution in [2.24, 2.45) is 0 Å². The molecule has 94 valence electrons. The van der Waals surface area contributed by atoms with Gasteiger partial charge in [-0.15, -0.1) is 11.3 Å². The van der Waals surface area contributed by atoms with Crippen molar-refractivity contribution in [3.8, 4) is 5.75 Å². The van der Waals surface area contributed by atoms with Crippen molar-refractivity contribution in [1.82, 2.24) is 0 Å². The van der Waals surface area contributed by atoms with Crippen LogP contribution in [0.5, 0.6) is 5.75 Å². The zero-order chi connectivity index (χ0) is 13.3. The van der Waals surface area contributed by atoms with Crippen molar-refractivity contribution in [3.63, 3.8) is 0 Å². The van der Waals surface area contributed by atoms with Gasteiger partial charge in [-0.05, 0) is 49.7 Å². The summed E-state index contributed by atoms with van der Waals surface area (Å²) in [5, 5.41) is 9.23. The highest BCUT2D eigenvalue weighted by molar-refractivity contribution is 7.14. The van der Waals surface area contributed by atoms with Crippen LogP contribution in [0, 0.1) is 13.8 Å². The van der Waals surface area contributed by atoms with Crippen molar-refractivity contribution in [3.05, 3.63) is 45.6 Å².